The van der Waals surface area contributed by atoms with Gasteiger partial charge in [0.05, 0.1) is 16.0 Å². The third-order valence-electron chi connectivity index (χ3n) is 5.29. The monoisotopic (exact) mass is 711 g/mol. The second kappa shape index (κ2) is 9.26. The summed E-state index contributed by atoms with van der Waals surface area (Å²) in [6, 6.07) is -1.61. The van der Waals surface area contributed by atoms with Crippen LogP contribution >= 0.6 is 0 Å². The number of carbonyl (C=O) groups excluding carboxylic acids is 2. The number of imide groups is 1. The zero-order chi connectivity index (χ0) is 34.6. The molecule has 1 aromatic rings. The first-order chi connectivity index (χ1) is 18.5. The third-order valence-corrected chi connectivity index (χ3v) is 9.16. The maximum Gasteiger partial charge on any atom is 0.460 e. The van der Waals surface area contributed by atoms with Crippen LogP contribution in [0.5, 0.6) is 0 Å². The van der Waals surface area contributed by atoms with Gasteiger partial charge in [0.1, 0.15) is 4.90 Å². The number of fused-ring (bicyclic) bond motifs is 1. The van der Waals surface area contributed by atoms with Crippen molar-refractivity contribution in [1.29, 1.82) is 0 Å². The molecule has 1 N–H and O–H groups in total. The molecule has 27 heteroatoms. The Morgan fingerprint density at radius 2 is 0.837 bits per heavy atom. The van der Waals surface area contributed by atoms with Crippen molar-refractivity contribution < 1.29 is 105 Å². The van der Waals surface area contributed by atoms with Gasteiger partial charge < -0.3 is 0 Å². The lowest BCUT2D eigenvalue weighted by atomic mass is 10.1. The number of hydrogen-bond acceptors (Lipinski definition) is 6. The molecule has 0 aromatic heterocycles. The van der Waals surface area contributed by atoms with Crippen molar-refractivity contribution >= 4 is 31.5 Å². The standard InChI is InChI=1S/C16H3F18NO6S2/c17-9(18,13(25,26)27)11(21,22)15(31,32)42(38,39)4-2-1-3-5(8(37)35-7(3)36)6(4)43(40,41)16(33,34)12(23,24)10(19,20)14(28,29)30/h1-2H,(H,35,36,37). The Morgan fingerprint density at radius 1 is 0.488 bits per heavy atom. The molecule has 1 aliphatic heterocycles. The van der Waals surface area contributed by atoms with Crippen LogP contribution < -0.4 is 5.32 Å². The highest BCUT2D eigenvalue weighted by molar-refractivity contribution is 7.95. The van der Waals surface area contributed by atoms with Gasteiger partial charge in [0.2, 0.25) is 0 Å². The number of benzene rings is 1. The Morgan fingerprint density at radius 3 is 1.19 bits per heavy atom. The Bertz CT molecular complexity index is 1590. The highest BCUT2D eigenvalue weighted by Crippen LogP contribution is 2.59. The maximum atomic E-state index is 14.5. The lowest BCUT2D eigenvalue weighted by Gasteiger charge is -2.34. The van der Waals surface area contributed by atoms with Gasteiger partial charge in [-0.1, -0.05) is 0 Å². The second-order valence-electron chi connectivity index (χ2n) is 7.93. The van der Waals surface area contributed by atoms with Gasteiger partial charge in [-0.25, -0.2) is 16.8 Å². The minimum Gasteiger partial charge on any atom is -0.288 e. The van der Waals surface area contributed by atoms with Crippen molar-refractivity contribution in [2.75, 3.05) is 0 Å². The third kappa shape index (κ3) is 4.41. The van der Waals surface area contributed by atoms with Crippen LogP contribution in [0.1, 0.15) is 20.7 Å². The molecule has 1 aliphatic rings. The first-order valence-electron chi connectivity index (χ1n) is 9.45. The van der Waals surface area contributed by atoms with Gasteiger partial charge >= 0.3 is 46.6 Å². The molecule has 1 heterocycles. The van der Waals surface area contributed by atoms with Crippen molar-refractivity contribution in [2.24, 2.45) is 0 Å². The molecule has 246 valence electrons. The van der Waals surface area contributed by atoms with Crippen molar-refractivity contribution in [3.8, 4) is 0 Å². The van der Waals surface area contributed by atoms with E-state index in [1.165, 1.54) is 0 Å². The SMILES string of the molecule is O=C1NC(=O)c2c1ccc(S(=O)(=O)C(F)(F)C(F)(F)C(F)(F)C(F)(F)F)c2S(=O)(=O)C(F)(F)C(F)(F)C(F)(F)C(F)(F)F. The van der Waals surface area contributed by atoms with E-state index in [4.69, 9.17) is 0 Å². The smallest absolute Gasteiger partial charge is 0.288 e. The van der Waals surface area contributed by atoms with Crippen molar-refractivity contribution in [2.45, 2.75) is 56.3 Å². The highest BCUT2D eigenvalue weighted by atomic mass is 32.2. The number of carbonyl (C=O) groups is 2. The molecule has 2 rings (SSSR count). The van der Waals surface area contributed by atoms with E-state index >= 15 is 0 Å². The largest absolute Gasteiger partial charge is 0.460 e. The Balaban J connectivity index is 3.16. The summed E-state index contributed by atoms with van der Waals surface area (Å²) in [5.41, 5.74) is -4.61. The van der Waals surface area contributed by atoms with Crippen molar-refractivity contribution in [1.82, 2.24) is 5.32 Å². The summed E-state index contributed by atoms with van der Waals surface area (Å²) >= 11 is 0. The molecule has 0 radical (unpaired) electrons. The second-order valence-corrected chi connectivity index (χ2v) is 11.8. The van der Waals surface area contributed by atoms with Gasteiger partial charge in [0, 0.05) is 0 Å². The quantitative estimate of drug-likeness (QED) is 0.301. The van der Waals surface area contributed by atoms with Gasteiger partial charge in [-0.3, -0.25) is 14.9 Å². The number of halogens is 18. The molecule has 0 saturated heterocycles. The van der Waals surface area contributed by atoms with E-state index in [0.29, 0.717) is 0 Å². The maximum absolute atomic E-state index is 14.5. The predicted molar refractivity (Wildman–Crippen MR) is 94.4 cm³/mol. The summed E-state index contributed by atoms with van der Waals surface area (Å²) in [4.78, 5) is 16.0. The molecule has 0 bridgehead atoms. The molecule has 0 saturated carbocycles. The van der Waals surface area contributed by atoms with Gasteiger partial charge in [0.25, 0.3) is 31.5 Å². The fourth-order valence-corrected chi connectivity index (χ4v) is 6.53. The zero-order valence-corrected chi connectivity index (χ0v) is 20.4. The van der Waals surface area contributed by atoms with Gasteiger partial charge in [0.15, 0.2) is 0 Å². The van der Waals surface area contributed by atoms with Crippen LogP contribution in [0.15, 0.2) is 21.9 Å². The topological polar surface area (TPSA) is 114 Å². The summed E-state index contributed by atoms with van der Waals surface area (Å²) in [7, 11) is -17.2. The molecule has 0 aliphatic carbocycles. The van der Waals surface area contributed by atoms with Crippen LogP contribution in [0.3, 0.4) is 0 Å². The van der Waals surface area contributed by atoms with E-state index in [9.17, 15) is 105 Å². The normalized spacial score (nSPS) is 16.8. The minimum atomic E-state index is -8.65. The van der Waals surface area contributed by atoms with Crippen molar-refractivity contribution in [3.05, 3.63) is 23.3 Å². The van der Waals surface area contributed by atoms with E-state index in [1.807, 2.05) is 0 Å². The molecule has 43 heavy (non-hydrogen) atoms. The predicted octanol–water partition coefficient (Wildman–Crippen LogP) is 4.97. The van der Waals surface area contributed by atoms with Crippen LogP contribution in [0.25, 0.3) is 0 Å². The average Bonchev–Trinajstić information content (AvgIpc) is 3.09. The van der Waals surface area contributed by atoms with Crippen LogP contribution in [-0.4, -0.2) is 75.2 Å². The van der Waals surface area contributed by atoms with Gasteiger partial charge in [-0.15, -0.1) is 0 Å². The first kappa shape index (κ1) is 36.2. The zero-order valence-electron chi connectivity index (χ0n) is 18.7. The van der Waals surface area contributed by atoms with Gasteiger partial charge in [-0.2, -0.15) is 79.0 Å². The average molecular weight is 711 g/mol. The Kier molecular flexibility index (Phi) is 7.79. The summed E-state index contributed by atoms with van der Waals surface area (Å²) in [5.74, 6) is -37.7. The molecule has 1 aromatic carbocycles. The first-order valence-corrected chi connectivity index (χ1v) is 12.4. The number of sulfone groups is 2. The highest BCUT2D eigenvalue weighted by Gasteiger charge is 2.87. The fraction of sp³-hybridized carbons (Fsp3) is 0.500. The molecule has 0 spiro atoms. The number of rotatable bonds is 8. The van der Waals surface area contributed by atoms with Crippen LogP contribution in [0, 0.1) is 0 Å². The van der Waals surface area contributed by atoms with E-state index < -0.39 is 111 Å². The summed E-state index contributed by atoms with van der Waals surface area (Å²) in [6.07, 6.45) is -15.6. The molecule has 0 atom stereocenters. The minimum absolute atomic E-state index is 0.488. The van der Waals surface area contributed by atoms with Crippen LogP contribution in [0.4, 0.5) is 79.0 Å². The van der Waals surface area contributed by atoms with E-state index in [1.54, 1.807) is 0 Å². The number of amides is 2. The lowest BCUT2D eigenvalue weighted by Crippen LogP contribution is -2.64. The van der Waals surface area contributed by atoms with E-state index in [-0.39, 0.29) is 0 Å². The van der Waals surface area contributed by atoms with Crippen molar-refractivity contribution in [3.63, 3.8) is 0 Å². The number of alkyl halides is 18. The molecule has 0 unspecified atom stereocenters. The van der Waals surface area contributed by atoms with Crippen LogP contribution in [-0.2, 0) is 19.7 Å². The lowest BCUT2D eigenvalue weighted by molar-refractivity contribution is -0.382. The molecular weight excluding hydrogens is 708 g/mol. The van der Waals surface area contributed by atoms with Gasteiger partial charge in [-0.05, 0) is 12.1 Å². The molecular formula is C16H3F18NO6S2. The summed E-state index contributed by atoms with van der Waals surface area (Å²) in [6.45, 7) is 0. The fourth-order valence-electron chi connectivity index (χ4n) is 3.01. The summed E-state index contributed by atoms with van der Waals surface area (Å²) < 4.78 is 290. The van der Waals surface area contributed by atoms with E-state index in [2.05, 4.69) is 0 Å². The number of nitrogens with one attached hydrogen (secondary N) is 1. The molecule has 0 fully saturated rings. The Labute approximate surface area is 222 Å². The molecule has 2 amide bonds. The molecule has 7 nitrogen and oxygen atoms in total. The van der Waals surface area contributed by atoms with E-state index in [0.717, 1.165) is 5.32 Å². The number of hydrogen-bond donors (Lipinski definition) is 1. The summed E-state index contributed by atoms with van der Waals surface area (Å²) in [5, 5.41) is -15.4. The van der Waals surface area contributed by atoms with Crippen LogP contribution in [0.2, 0.25) is 0 Å². The Hall–Kier alpha value is -3.00.